The Morgan fingerprint density at radius 1 is 0.773 bits per heavy atom. The van der Waals surface area contributed by atoms with Crippen molar-refractivity contribution in [2.24, 2.45) is 0 Å². The van der Waals surface area contributed by atoms with Crippen LogP contribution in [0.25, 0.3) is 43.3 Å². The van der Waals surface area contributed by atoms with E-state index >= 15 is 0 Å². The van der Waals surface area contributed by atoms with Crippen LogP contribution < -0.4 is 0 Å². The van der Waals surface area contributed by atoms with Gasteiger partial charge in [-0.05, 0) is 33.7 Å². The Hall–Kier alpha value is -3.14. The molecular weight excluding hydrogens is 278 g/mol. The molecule has 3 N–H and O–H groups in total. The first-order valence-corrected chi connectivity index (χ1v) is 6.99. The summed E-state index contributed by atoms with van der Waals surface area (Å²) in [7, 11) is 0. The molecule has 4 nitrogen and oxygen atoms in total. The molecule has 0 unspecified atom stereocenters. The Bertz CT molecular complexity index is 1200. The highest BCUT2D eigenvalue weighted by molar-refractivity contribution is 6.23. The van der Waals surface area contributed by atoms with Crippen molar-refractivity contribution < 1.29 is 14.7 Å². The third-order valence-electron chi connectivity index (χ3n) is 4.36. The van der Waals surface area contributed by atoms with Crippen LogP contribution in [-0.4, -0.2) is 15.4 Å². The van der Waals surface area contributed by atoms with Gasteiger partial charge in [-0.2, -0.15) is 0 Å². The fourth-order valence-electron chi connectivity index (χ4n) is 3.31. The minimum absolute atomic E-state index is 0.0887. The number of aromatic hydroxyl groups is 2. The van der Waals surface area contributed by atoms with E-state index in [0.717, 1.165) is 26.9 Å². The fourth-order valence-corrected chi connectivity index (χ4v) is 3.31. The second-order valence-electron chi connectivity index (χ2n) is 5.51. The van der Waals surface area contributed by atoms with E-state index in [-0.39, 0.29) is 11.5 Å². The van der Waals surface area contributed by atoms with E-state index in [1.54, 1.807) is 12.3 Å². The van der Waals surface area contributed by atoms with Crippen LogP contribution in [0, 0.1) is 0 Å². The third kappa shape index (κ3) is 1.27. The van der Waals surface area contributed by atoms with Crippen molar-refractivity contribution in [3.05, 3.63) is 48.7 Å². The van der Waals surface area contributed by atoms with Crippen LogP contribution in [0.2, 0.25) is 0 Å². The Labute approximate surface area is 124 Å². The Kier molecular flexibility index (Phi) is 1.96. The minimum atomic E-state index is -0.116. The average molecular weight is 289 g/mol. The van der Waals surface area contributed by atoms with Crippen molar-refractivity contribution in [1.82, 2.24) is 5.16 Å². The van der Waals surface area contributed by atoms with E-state index < -0.39 is 0 Å². The normalized spacial score (nSPS) is 12.0. The predicted molar refractivity (Wildman–Crippen MR) is 86.4 cm³/mol. The molecule has 4 aromatic carbocycles. The van der Waals surface area contributed by atoms with E-state index in [1.165, 1.54) is 0 Å². The largest absolute Gasteiger partial charge is 0.504 e. The summed E-state index contributed by atoms with van der Waals surface area (Å²) in [6, 6.07) is 13.6. The van der Waals surface area contributed by atoms with Gasteiger partial charge in [0.2, 0.25) is 0 Å². The molecule has 0 aliphatic heterocycles. The molecule has 0 aliphatic rings. The molecule has 1 heterocycles. The highest BCUT2D eigenvalue weighted by Crippen LogP contribution is 2.45. The van der Waals surface area contributed by atoms with Crippen LogP contribution in [0.4, 0.5) is 0 Å². The van der Waals surface area contributed by atoms with Gasteiger partial charge < -0.3 is 14.7 Å². The zero-order valence-electron chi connectivity index (χ0n) is 11.4. The lowest BCUT2D eigenvalue weighted by Crippen LogP contribution is -1.82. The van der Waals surface area contributed by atoms with E-state index in [9.17, 15) is 10.2 Å². The number of rotatable bonds is 0. The molecule has 0 aliphatic carbocycles. The molecule has 0 spiro atoms. The Morgan fingerprint density at radius 2 is 1.68 bits per heavy atom. The van der Waals surface area contributed by atoms with E-state index in [0.29, 0.717) is 16.4 Å². The number of H-pyrrole nitrogens is 1. The number of aromatic nitrogens is 1. The molecule has 0 atom stereocenters. The summed E-state index contributed by atoms with van der Waals surface area (Å²) >= 11 is 0. The maximum absolute atomic E-state index is 10.5. The summed E-state index contributed by atoms with van der Waals surface area (Å²) in [6.07, 6.45) is 1.77. The molecule has 0 bridgehead atoms. The lowest BCUT2D eigenvalue weighted by Gasteiger charge is -2.10. The quantitative estimate of drug-likeness (QED) is 0.287. The van der Waals surface area contributed by atoms with Gasteiger partial charge in [0, 0.05) is 22.4 Å². The first-order valence-electron chi connectivity index (χ1n) is 6.99. The molecule has 5 aromatic rings. The van der Waals surface area contributed by atoms with Gasteiger partial charge in [0.15, 0.2) is 17.1 Å². The molecule has 0 fully saturated rings. The molecule has 0 saturated heterocycles. The lowest BCUT2D eigenvalue weighted by atomic mass is 9.96. The van der Waals surface area contributed by atoms with Crippen LogP contribution in [-0.2, 0) is 0 Å². The number of hydrogen-bond acceptors (Lipinski definition) is 3. The smallest absolute Gasteiger partial charge is 0.166 e. The molecule has 0 amide bonds. The molecule has 4 heteroatoms. The van der Waals surface area contributed by atoms with Gasteiger partial charge in [-0.15, -0.1) is 0 Å². The van der Waals surface area contributed by atoms with Crippen molar-refractivity contribution in [1.29, 1.82) is 0 Å². The third-order valence-corrected chi connectivity index (χ3v) is 4.36. The van der Waals surface area contributed by atoms with Crippen molar-refractivity contribution in [3.63, 3.8) is 0 Å². The Morgan fingerprint density at radius 3 is 2.59 bits per heavy atom. The molecular formula is C18H11NO3. The number of benzene rings is 3. The van der Waals surface area contributed by atoms with Gasteiger partial charge in [0.05, 0.1) is 0 Å². The average Bonchev–Trinajstić information content (AvgIpc) is 3.18. The second-order valence-corrected chi connectivity index (χ2v) is 5.51. The fraction of sp³-hybridized carbons (Fsp3) is 0. The molecule has 0 saturated carbocycles. The maximum atomic E-state index is 10.5. The first kappa shape index (κ1) is 11.5. The SMILES string of the molecule is Oc1c(O)c2c3cccc3ccc2c2cc3c[nH]oc3cc12. The highest BCUT2D eigenvalue weighted by Gasteiger charge is 2.17. The second kappa shape index (κ2) is 3.74. The summed E-state index contributed by atoms with van der Waals surface area (Å²) in [4.78, 5) is 0. The molecule has 5 rings (SSSR count). The first-order chi connectivity index (χ1) is 10.7. The van der Waals surface area contributed by atoms with Crippen molar-refractivity contribution >= 4 is 43.3 Å². The number of hydrogen-bond donors (Lipinski definition) is 3. The van der Waals surface area contributed by atoms with E-state index in [4.69, 9.17) is 4.52 Å². The summed E-state index contributed by atoms with van der Waals surface area (Å²) in [5.74, 6) is -0.205. The molecule has 0 radical (unpaired) electrons. The topological polar surface area (TPSA) is 69.4 Å². The van der Waals surface area contributed by atoms with Crippen LogP contribution in [0.15, 0.2) is 53.2 Å². The van der Waals surface area contributed by atoms with E-state index in [2.05, 4.69) is 5.16 Å². The van der Waals surface area contributed by atoms with Gasteiger partial charge in [-0.25, -0.2) is 5.16 Å². The maximum Gasteiger partial charge on any atom is 0.166 e. The molecule has 1 aromatic heterocycles. The van der Waals surface area contributed by atoms with Crippen molar-refractivity contribution in [2.45, 2.75) is 0 Å². The predicted octanol–water partition coefficient (Wildman–Crippen LogP) is 4.63. The van der Waals surface area contributed by atoms with Crippen molar-refractivity contribution in [2.75, 3.05) is 0 Å². The van der Waals surface area contributed by atoms with E-state index in [1.807, 2.05) is 36.4 Å². The zero-order valence-corrected chi connectivity index (χ0v) is 11.4. The highest BCUT2D eigenvalue weighted by atomic mass is 16.5. The van der Waals surface area contributed by atoms with Gasteiger partial charge >= 0.3 is 0 Å². The summed E-state index contributed by atoms with van der Waals surface area (Å²) < 4.78 is 5.27. The summed E-state index contributed by atoms with van der Waals surface area (Å²) in [5, 5.41) is 29.6. The van der Waals surface area contributed by atoms with Gasteiger partial charge in [-0.3, -0.25) is 0 Å². The standard InChI is InChI=1S/C18H11NO3/c20-17-14-7-15-10(8-19-22-15)6-13(14)12-5-4-9-2-1-3-11(9)16(12)18(17)21/h1-8,19-21H. The van der Waals surface area contributed by atoms with Crippen LogP contribution in [0.1, 0.15) is 0 Å². The lowest BCUT2D eigenvalue weighted by molar-refractivity contribution is 0.412. The van der Waals surface area contributed by atoms with Crippen LogP contribution in [0.5, 0.6) is 11.5 Å². The van der Waals surface area contributed by atoms with Crippen molar-refractivity contribution in [3.8, 4) is 11.5 Å². The minimum Gasteiger partial charge on any atom is -0.504 e. The number of phenolic OH excluding ortho intramolecular Hbond substituents is 2. The summed E-state index contributed by atoms with van der Waals surface area (Å²) in [6.45, 7) is 0. The Balaban J connectivity index is 2.15. The van der Waals surface area contributed by atoms with Gasteiger partial charge in [-0.1, -0.05) is 30.3 Å². The number of nitrogens with one attached hydrogen (secondary N) is 1. The monoisotopic (exact) mass is 289 g/mol. The van der Waals surface area contributed by atoms with Crippen LogP contribution >= 0.6 is 0 Å². The van der Waals surface area contributed by atoms with Crippen LogP contribution in [0.3, 0.4) is 0 Å². The number of fused-ring (bicyclic) bond motifs is 6. The number of phenols is 2. The van der Waals surface area contributed by atoms with Gasteiger partial charge in [0.25, 0.3) is 0 Å². The molecule has 106 valence electrons. The van der Waals surface area contributed by atoms with Gasteiger partial charge in [0.1, 0.15) is 0 Å². The zero-order chi connectivity index (χ0) is 14.8. The number of aromatic amines is 1. The summed E-state index contributed by atoms with van der Waals surface area (Å²) in [5.41, 5.74) is 0.635. The molecule has 22 heavy (non-hydrogen) atoms.